The van der Waals surface area contributed by atoms with Gasteiger partial charge in [-0.15, -0.1) is 0 Å². The van der Waals surface area contributed by atoms with E-state index in [9.17, 15) is 9.18 Å². The standard InChI is InChI=1S/C24H23FN4O3/c1-16-21(23(30)26-15-17-7-6-8-20(31-2)22(17)32-3)24(28-13-4-5-14-28)29(27-16)19-11-9-18(25)10-12-19/h4-14H,15H2,1-3H3,(H,26,30). The molecule has 0 saturated carbocycles. The quantitative estimate of drug-likeness (QED) is 0.476. The number of nitrogens with one attached hydrogen (secondary N) is 1. The molecular formula is C24H23FN4O3. The molecule has 2 aromatic carbocycles. The zero-order valence-corrected chi connectivity index (χ0v) is 18.0. The van der Waals surface area contributed by atoms with Crippen molar-refractivity contribution in [3.05, 3.63) is 89.6 Å². The van der Waals surface area contributed by atoms with Crippen LogP contribution in [0.1, 0.15) is 21.6 Å². The van der Waals surface area contributed by atoms with Crippen molar-refractivity contribution >= 4 is 5.91 Å². The van der Waals surface area contributed by atoms with Crippen LogP contribution >= 0.6 is 0 Å². The van der Waals surface area contributed by atoms with Crippen LogP contribution < -0.4 is 14.8 Å². The summed E-state index contributed by atoms with van der Waals surface area (Å²) in [5.41, 5.74) is 2.40. The van der Waals surface area contributed by atoms with Crippen LogP contribution in [-0.2, 0) is 6.54 Å². The number of hydrogen-bond donors (Lipinski definition) is 1. The van der Waals surface area contributed by atoms with Crippen LogP contribution in [-0.4, -0.2) is 34.5 Å². The average molecular weight is 434 g/mol. The van der Waals surface area contributed by atoms with E-state index in [1.54, 1.807) is 44.0 Å². The largest absolute Gasteiger partial charge is 0.493 e. The molecule has 0 bridgehead atoms. The van der Waals surface area contributed by atoms with Gasteiger partial charge in [-0.05, 0) is 49.4 Å². The second-order valence-corrected chi connectivity index (χ2v) is 7.10. The second-order valence-electron chi connectivity index (χ2n) is 7.10. The first-order chi connectivity index (χ1) is 15.5. The van der Waals surface area contributed by atoms with Crippen molar-refractivity contribution in [1.29, 1.82) is 0 Å². The van der Waals surface area contributed by atoms with E-state index in [0.29, 0.717) is 34.3 Å². The molecular weight excluding hydrogens is 411 g/mol. The molecule has 8 heteroatoms. The number of rotatable bonds is 7. The fourth-order valence-corrected chi connectivity index (χ4v) is 3.61. The lowest BCUT2D eigenvalue weighted by molar-refractivity contribution is 0.0950. The minimum Gasteiger partial charge on any atom is -0.493 e. The van der Waals surface area contributed by atoms with Gasteiger partial charge in [-0.25, -0.2) is 9.07 Å². The van der Waals surface area contributed by atoms with Gasteiger partial charge in [0.2, 0.25) is 0 Å². The minimum atomic E-state index is -0.342. The molecule has 0 fully saturated rings. The molecule has 2 aromatic heterocycles. The number of aryl methyl sites for hydroxylation is 1. The maximum atomic E-state index is 13.4. The molecule has 0 aliphatic carbocycles. The highest BCUT2D eigenvalue weighted by Gasteiger charge is 2.24. The van der Waals surface area contributed by atoms with E-state index in [2.05, 4.69) is 10.4 Å². The van der Waals surface area contributed by atoms with Gasteiger partial charge < -0.3 is 19.4 Å². The molecule has 1 N–H and O–H groups in total. The Kier molecular flexibility index (Phi) is 5.93. The van der Waals surface area contributed by atoms with Crippen molar-refractivity contribution in [3.63, 3.8) is 0 Å². The first-order valence-electron chi connectivity index (χ1n) is 10.0. The molecule has 1 amide bonds. The molecule has 0 spiro atoms. The van der Waals surface area contributed by atoms with Gasteiger partial charge >= 0.3 is 0 Å². The summed E-state index contributed by atoms with van der Waals surface area (Å²) in [6.07, 6.45) is 3.66. The van der Waals surface area contributed by atoms with Gasteiger partial charge in [0.25, 0.3) is 5.91 Å². The van der Waals surface area contributed by atoms with E-state index < -0.39 is 0 Å². The number of ether oxygens (including phenoxy) is 2. The average Bonchev–Trinajstić information content (AvgIpc) is 3.45. The Hall–Kier alpha value is -4.07. The van der Waals surface area contributed by atoms with Crippen LogP contribution in [0.5, 0.6) is 11.5 Å². The zero-order chi connectivity index (χ0) is 22.7. The van der Waals surface area contributed by atoms with Gasteiger partial charge in [0.15, 0.2) is 17.3 Å². The maximum absolute atomic E-state index is 13.4. The number of nitrogens with zero attached hydrogens (tertiary/aromatic N) is 3. The fraction of sp³-hybridized carbons (Fsp3) is 0.167. The summed E-state index contributed by atoms with van der Waals surface area (Å²) < 4.78 is 27.7. The first-order valence-corrected chi connectivity index (χ1v) is 10.0. The van der Waals surface area contributed by atoms with Crippen molar-refractivity contribution < 1.29 is 18.7 Å². The molecule has 7 nitrogen and oxygen atoms in total. The van der Waals surface area contributed by atoms with Gasteiger partial charge in [-0.2, -0.15) is 5.10 Å². The Morgan fingerprint density at radius 2 is 1.75 bits per heavy atom. The maximum Gasteiger partial charge on any atom is 0.257 e. The third kappa shape index (κ3) is 3.94. The molecule has 164 valence electrons. The fourth-order valence-electron chi connectivity index (χ4n) is 3.61. The van der Waals surface area contributed by atoms with E-state index in [1.807, 2.05) is 41.2 Å². The Morgan fingerprint density at radius 3 is 2.41 bits per heavy atom. The first kappa shape index (κ1) is 21.2. The monoisotopic (exact) mass is 434 g/mol. The molecule has 2 heterocycles. The lowest BCUT2D eigenvalue weighted by Gasteiger charge is -2.14. The van der Waals surface area contributed by atoms with Crippen molar-refractivity contribution in [2.24, 2.45) is 0 Å². The predicted molar refractivity (Wildman–Crippen MR) is 118 cm³/mol. The van der Waals surface area contributed by atoms with E-state index in [-0.39, 0.29) is 18.3 Å². The normalized spacial score (nSPS) is 10.8. The Balaban J connectivity index is 1.71. The summed E-state index contributed by atoms with van der Waals surface area (Å²) in [4.78, 5) is 13.3. The highest BCUT2D eigenvalue weighted by molar-refractivity contribution is 5.98. The van der Waals surface area contributed by atoms with Gasteiger partial charge in [0.1, 0.15) is 11.4 Å². The number of carbonyl (C=O) groups is 1. The van der Waals surface area contributed by atoms with Gasteiger partial charge in [-0.3, -0.25) is 4.79 Å². The third-order valence-corrected chi connectivity index (χ3v) is 5.11. The Bertz CT molecular complexity index is 1230. The molecule has 32 heavy (non-hydrogen) atoms. The molecule has 4 rings (SSSR count). The summed E-state index contributed by atoms with van der Waals surface area (Å²) in [6.45, 7) is 2.01. The summed E-state index contributed by atoms with van der Waals surface area (Å²) >= 11 is 0. The molecule has 0 aliphatic heterocycles. The highest BCUT2D eigenvalue weighted by atomic mass is 19.1. The number of para-hydroxylation sites is 1. The van der Waals surface area contributed by atoms with Gasteiger partial charge in [0.05, 0.1) is 25.6 Å². The van der Waals surface area contributed by atoms with Crippen molar-refractivity contribution in [2.75, 3.05) is 14.2 Å². The number of amides is 1. The Labute approximate surface area is 185 Å². The number of benzene rings is 2. The summed E-state index contributed by atoms with van der Waals surface area (Å²) in [6, 6.07) is 15.2. The van der Waals surface area contributed by atoms with Crippen LogP contribution in [0, 0.1) is 12.7 Å². The van der Waals surface area contributed by atoms with Crippen molar-refractivity contribution in [3.8, 4) is 23.0 Å². The molecule has 0 atom stereocenters. The van der Waals surface area contributed by atoms with Gasteiger partial charge in [0, 0.05) is 24.5 Å². The number of methoxy groups -OCH3 is 2. The number of halogens is 1. The lowest BCUT2D eigenvalue weighted by Crippen LogP contribution is -2.25. The zero-order valence-electron chi connectivity index (χ0n) is 18.0. The summed E-state index contributed by atoms with van der Waals surface area (Å²) in [7, 11) is 3.13. The van der Waals surface area contributed by atoms with Crippen LogP contribution in [0.4, 0.5) is 4.39 Å². The van der Waals surface area contributed by atoms with Crippen LogP contribution in [0.2, 0.25) is 0 Å². The minimum absolute atomic E-state index is 0.242. The highest BCUT2D eigenvalue weighted by Crippen LogP contribution is 2.31. The van der Waals surface area contributed by atoms with E-state index >= 15 is 0 Å². The van der Waals surface area contributed by atoms with E-state index in [4.69, 9.17) is 9.47 Å². The molecule has 4 aromatic rings. The van der Waals surface area contributed by atoms with Crippen LogP contribution in [0.15, 0.2) is 67.0 Å². The van der Waals surface area contributed by atoms with Crippen molar-refractivity contribution in [2.45, 2.75) is 13.5 Å². The summed E-state index contributed by atoms with van der Waals surface area (Å²) in [5.74, 6) is 1.09. The smallest absolute Gasteiger partial charge is 0.257 e. The van der Waals surface area contributed by atoms with Crippen LogP contribution in [0.3, 0.4) is 0 Å². The molecule has 0 saturated heterocycles. The van der Waals surface area contributed by atoms with E-state index in [0.717, 1.165) is 5.56 Å². The number of hydrogen-bond acceptors (Lipinski definition) is 4. The topological polar surface area (TPSA) is 70.3 Å². The molecule has 0 unspecified atom stereocenters. The SMILES string of the molecule is COc1cccc(CNC(=O)c2c(C)nn(-c3ccc(F)cc3)c2-n2cccc2)c1OC. The van der Waals surface area contributed by atoms with Crippen molar-refractivity contribution in [1.82, 2.24) is 19.7 Å². The third-order valence-electron chi connectivity index (χ3n) is 5.11. The van der Waals surface area contributed by atoms with Gasteiger partial charge in [-0.1, -0.05) is 12.1 Å². The van der Waals surface area contributed by atoms with Crippen LogP contribution in [0.25, 0.3) is 11.5 Å². The lowest BCUT2D eigenvalue weighted by atomic mass is 10.1. The predicted octanol–water partition coefficient (Wildman–Crippen LogP) is 4.06. The number of carbonyl (C=O) groups excluding carboxylic acids is 1. The molecule has 0 aliphatic rings. The molecule has 0 radical (unpaired) electrons. The summed E-state index contributed by atoms with van der Waals surface area (Å²) in [5, 5.41) is 7.53. The number of aromatic nitrogens is 3. The Morgan fingerprint density at radius 1 is 1.03 bits per heavy atom. The van der Waals surface area contributed by atoms with E-state index in [1.165, 1.54) is 12.1 Å². The second kappa shape index (κ2) is 8.97.